The van der Waals surface area contributed by atoms with Gasteiger partial charge in [0.05, 0.1) is 0 Å². The fraction of sp³-hybridized carbons (Fsp3) is 0.500. The van der Waals surface area contributed by atoms with E-state index in [4.69, 9.17) is 9.84 Å². The average Bonchev–Trinajstić information content (AvgIpc) is 3.48. The highest BCUT2D eigenvalue weighted by Crippen LogP contribution is 2.41. The Labute approximate surface area is 224 Å². The summed E-state index contributed by atoms with van der Waals surface area (Å²) in [5.41, 5.74) is -0.902. The lowest BCUT2D eigenvalue weighted by atomic mass is 9.86. The number of ether oxygens (including phenoxy) is 1. The van der Waals surface area contributed by atoms with Gasteiger partial charge in [0.25, 0.3) is 0 Å². The van der Waals surface area contributed by atoms with Gasteiger partial charge in [-0.1, -0.05) is 60.7 Å². The molecule has 2 aliphatic rings. The monoisotopic (exact) mass is 522 g/mol. The van der Waals surface area contributed by atoms with E-state index in [1.165, 1.54) is 0 Å². The highest BCUT2D eigenvalue weighted by atomic mass is 16.6. The smallest absolute Gasteiger partial charge is 0.347 e. The number of esters is 1. The number of fused-ring (bicyclic) bond motifs is 1. The number of carboxylic acid groups (broad SMARTS) is 1. The Bertz CT molecular complexity index is 1040. The van der Waals surface area contributed by atoms with Gasteiger partial charge in [0.1, 0.15) is 6.10 Å². The summed E-state index contributed by atoms with van der Waals surface area (Å²) in [5.74, 6) is -0.575. The number of likely N-dealkylation sites (tertiary alicyclic amines) is 1. The van der Waals surface area contributed by atoms with Crippen LogP contribution in [-0.2, 0) is 24.7 Å². The standard InChI is InChI=1S/C30H38N2O6/c1-31(16-9-8-14-28(34)35)27(33)15-17-32-20-22-18-26(19-23(22)21-32)38-29(36)30(37,24-10-4-2-5-11-24)25-12-6-3-7-13-25/h2-7,10-13,22-23,26,37H,8-9,14-21H2,1H3,(H,34,35)/t22-,23+,26?. The predicted molar refractivity (Wildman–Crippen MR) is 142 cm³/mol. The molecule has 8 heteroatoms. The zero-order chi connectivity index (χ0) is 27.1. The first-order chi connectivity index (χ1) is 18.3. The average molecular weight is 523 g/mol. The van der Waals surface area contributed by atoms with Crippen LogP contribution in [0, 0.1) is 11.8 Å². The third kappa shape index (κ3) is 6.60. The fourth-order valence-electron chi connectivity index (χ4n) is 5.81. The number of carbonyl (C=O) groups excluding carboxylic acids is 2. The molecule has 1 amide bonds. The van der Waals surface area contributed by atoms with E-state index in [1.807, 2.05) is 12.1 Å². The van der Waals surface area contributed by atoms with Gasteiger partial charge in [-0.3, -0.25) is 9.59 Å². The highest BCUT2D eigenvalue weighted by Gasteiger charge is 2.46. The Balaban J connectivity index is 1.26. The van der Waals surface area contributed by atoms with Crippen LogP contribution in [0.15, 0.2) is 60.7 Å². The number of hydrogen-bond acceptors (Lipinski definition) is 6. The number of carboxylic acids is 1. The van der Waals surface area contributed by atoms with Crippen molar-refractivity contribution in [1.29, 1.82) is 0 Å². The van der Waals surface area contributed by atoms with Crippen LogP contribution >= 0.6 is 0 Å². The van der Waals surface area contributed by atoms with Crippen molar-refractivity contribution in [2.24, 2.45) is 11.8 Å². The zero-order valence-corrected chi connectivity index (χ0v) is 22.0. The number of aliphatic hydroxyl groups is 1. The van der Waals surface area contributed by atoms with E-state index < -0.39 is 17.5 Å². The third-order valence-corrected chi connectivity index (χ3v) is 7.94. The largest absolute Gasteiger partial charge is 0.481 e. The van der Waals surface area contributed by atoms with Crippen LogP contribution in [0.3, 0.4) is 0 Å². The molecule has 1 heterocycles. The fourth-order valence-corrected chi connectivity index (χ4v) is 5.81. The van der Waals surface area contributed by atoms with E-state index in [2.05, 4.69) is 4.90 Å². The lowest BCUT2D eigenvalue weighted by molar-refractivity contribution is -0.168. The van der Waals surface area contributed by atoms with Crippen LogP contribution in [-0.4, -0.2) is 77.2 Å². The maximum Gasteiger partial charge on any atom is 0.347 e. The van der Waals surface area contributed by atoms with E-state index in [9.17, 15) is 19.5 Å². The molecule has 2 aromatic rings. The molecule has 204 valence electrons. The van der Waals surface area contributed by atoms with Gasteiger partial charge in [-0.15, -0.1) is 0 Å². The maximum atomic E-state index is 13.4. The van der Waals surface area contributed by atoms with Gasteiger partial charge in [-0.05, 0) is 48.6 Å². The first kappa shape index (κ1) is 27.8. The van der Waals surface area contributed by atoms with Crippen molar-refractivity contribution in [3.05, 3.63) is 71.8 Å². The molecule has 3 atom stereocenters. The summed E-state index contributed by atoms with van der Waals surface area (Å²) >= 11 is 0. The number of aliphatic carboxylic acids is 1. The molecule has 4 rings (SSSR count). The quantitative estimate of drug-likeness (QED) is 0.325. The van der Waals surface area contributed by atoms with Gasteiger partial charge < -0.3 is 24.7 Å². The summed E-state index contributed by atoms with van der Waals surface area (Å²) in [5, 5.41) is 20.4. The summed E-state index contributed by atoms with van der Waals surface area (Å²) in [6.45, 7) is 3.01. The summed E-state index contributed by atoms with van der Waals surface area (Å²) in [7, 11) is 1.77. The van der Waals surface area contributed by atoms with Crippen molar-refractivity contribution in [2.75, 3.05) is 33.2 Å². The molecule has 1 unspecified atom stereocenters. The number of benzene rings is 2. The Kier molecular flexibility index (Phi) is 9.17. The van der Waals surface area contributed by atoms with E-state index >= 15 is 0 Å². The summed E-state index contributed by atoms with van der Waals surface area (Å²) in [6.07, 6.45) is 3.10. The number of nitrogens with zero attached hydrogens (tertiary/aromatic N) is 2. The highest BCUT2D eigenvalue weighted by molar-refractivity contribution is 5.85. The maximum absolute atomic E-state index is 13.4. The molecule has 2 aromatic carbocycles. The summed E-state index contributed by atoms with van der Waals surface area (Å²) in [6, 6.07) is 17.8. The molecular weight excluding hydrogens is 484 g/mol. The topological polar surface area (TPSA) is 107 Å². The minimum Gasteiger partial charge on any atom is -0.481 e. The van der Waals surface area contributed by atoms with Gasteiger partial charge in [0.2, 0.25) is 11.5 Å². The lowest BCUT2D eigenvalue weighted by Crippen LogP contribution is -2.40. The first-order valence-electron chi connectivity index (χ1n) is 13.5. The SMILES string of the molecule is CN(CCCCC(=O)O)C(=O)CCN1C[C@H]2CC(OC(=O)C(O)(c3ccccc3)c3ccccc3)C[C@H]2C1. The van der Waals surface area contributed by atoms with Crippen molar-refractivity contribution in [3.63, 3.8) is 0 Å². The van der Waals surface area contributed by atoms with Gasteiger partial charge in [0.15, 0.2) is 0 Å². The van der Waals surface area contributed by atoms with E-state index in [-0.39, 0.29) is 18.4 Å². The van der Waals surface area contributed by atoms with Gasteiger partial charge >= 0.3 is 11.9 Å². The van der Waals surface area contributed by atoms with Crippen LogP contribution in [0.5, 0.6) is 0 Å². The van der Waals surface area contributed by atoms with Crippen molar-refractivity contribution < 1.29 is 29.3 Å². The number of carbonyl (C=O) groups is 3. The molecule has 0 aromatic heterocycles. The summed E-state index contributed by atoms with van der Waals surface area (Å²) in [4.78, 5) is 40.5. The van der Waals surface area contributed by atoms with Gasteiger partial charge in [-0.25, -0.2) is 4.79 Å². The Morgan fingerprint density at radius 3 is 2.00 bits per heavy atom. The molecule has 38 heavy (non-hydrogen) atoms. The summed E-state index contributed by atoms with van der Waals surface area (Å²) < 4.78 is 5.94. The molecule has 0 bridgehead atoms. The molecule has 0 spiro atoms. The molecule has 8 nitrogen and oxygen atoms in total. The van der Waals surface area contributed by atoms with Crippen LogP contribution in [0.2, 0.25) is 0 Å². The van der Waals surface area contributed by atoms with Crippen molar-refractivity contribution in [1.82, 2.24) is 9.80 Å². The molecule has 1 saturated heterocycles. The number of amides is 1. The van der Waals surface area contributed by atoms with Crippen LogP contribution in [0.4, 0.5) is 0 Å². The second-order valence-electron chi connectivity index (χ2n) is 10.6. The van der Waals surface area contributed by atoms with Crippen LogP contribution in [0.1, 0.15) is 49.7 Å². The molecule has 2 N–H and O–H groups in total. The second kappa shape index (κ2) is 12.5. The Hall–Kier alpha value is -3.23. The lowest BCUT2D eigenvalue weighted by Gasteiger charge is -2.29. The van der Waals surface area contributed by atoms with Gasteiger partial charge in [-0.2, -0.15) is 0 Å². The molecule has 2 fully saturated rings. The molecule has 1 saturated carbocycles. The number of hydrogen-bond donors (Lipinski definition) is 2. The minimum atomic E-state index is -1.87. The zero-order valence-electron chi connectivity index (χ0n) is 22.0. The molecular formula is C30H38N2O6. The van der Waals surface area contributed by atoms with Crippen molar-refractivity contribution >= 4 is 17.8 Å². The Morgan fingerprint density at radius 2 is 1.47 bits per heavy atom. The number of rotatable bonds is 12. The second-order valence-corrected chi connectivity index (χ2v) is 10.6. The van der Waals surface area contributed by atoms with E-state index in [0.29, 0.717) is 55.3 Å². The van der Waals surface area contributed by atoms with Crippen molar-refractivity contribution in [2.45, 2.75) is 50.2 Å². The number of unbranched alkanes of at least 4 members (excludes halogenated alkanes) is 1. The van der Waals surface area contributed by atoms with E-state index in [0.717, 1.165) is 25.9 Å². The van der Waals surface area contributed by atoms with Gasteiger partial charge in [0, 0.05) is 46.1 Å². The minimum absolute atomic E-state index is 0.0744. The molecule has 1 aliphatic carbocycles. The predicted octanol–water partition coefficient (Wildman–Crippen LogP) is 3.28. The molecule has 0 radical (unpaired) electrons. The third-order valence-electron chi connectivity index (χ3n) is 7.94. The molecule has 1 aliphatic heterocycles. The normalized spacial score (nSPS) is 21.2. The van der Waals surface area contributed by atoms with Crippen molar-refractivity contribution in [3.8, 4) is 0 Å². The first-order valence-corrected chi connectivity index (χ1v) is 13.5. The van der Waals surface area contributed by atoms with Crippen LogP contribution in [0.25, 0.3) is 0 Å². The van der Waals surface area contributed by atoms with E-state index in [1.54, 1.807) is 60.5 Å². The Morgan fingerprint density at radius 1 is 0.921 bits per heavy atom. The van der Waals surface area contributed by atoms with Crippen LogP contribution < -0.4 is 0 Å².